The van der Waals surface area contributed by atoms with Crippen LogP contribution >= 0.6 is 0 Å². The smallest absolute Gasteiger partial charge is 0.206 e. The highest BCUT2D eigenvalue weighted by atomic mass is 15.3. The largest absolute Gasteiger partial charge is 0.382 e. The number of imidazole rings is 4. The van der Waals surface area contributed by atoms with Gasteiger partial charge in [-0.05, 0) is 64.6 Å². The third-order valence-corrected chi connectivity index (χ3v) is 19.2. The van der Waals surface area contributed by atoms with E-state index in [1.54, 1.807) is 0 Å². The summed E-state index contributed by atoms with van der Waals surface area (Å²) in [7, 11) is 6.17. The van der Waals surface area contributed by atoms with Crippen molar-refractivity contribution in [2.24, 2.45) is 23.7 Å². The van der Waals surface area contributed by atoms with E-state index in [9.17, 15) is 0 Å². The monoisotopic (exact) mass is 1470 g/mol. The van der Waals surface area contributed by atoms with Gasteiger partial charge < -0.3 is 54.7 Å². The van der Waals surface area contributed by atoms with Gasteiger partial charge in [-0.15, -0.1) is 19.7 Å². The summed E-state index contributed by atoms with van der Waals surface area (Å²) in [6.07, 6.45) is 6.60. The van der Waals surface area contributed by atoms with Crippen LogP contribution < -0.4 is 36.4 Å². The zero-order chi connectivity index (χ0) is 77.7. The molecule has 0 fully saturated rings. The predicted octanol–water partition coefficient (Wildman–Crippen LogP) is 19.4. The second-order valence-electron chi connectivity index (χ2n) is 30.1. The Bertz CT molecular complexity index is 5610. The lowest BCUT2D eigenvalue weighted by atomic mass is 10.1. The summed E-state index contributed by atoms with van der Waals surface area (Å²) in [6, 6.07) is 64.6. The Hall–Kier alpha value is -12.1. The van der Waals surface area contributed by atoms with Crippen molar-refractivity contribution in [1.29, 1.82) is 0 Å². The topological polar surface area (TPSA) is 200 Å². The molecule has 15 rings (SSSR count). The first-order valence-corrected chi connectivity index (χ1v) is 38.5. The number of nitrogens with zero attached hydrogens (tertiary/aromatic N) is 16. The average Bonchev–Trinajstić information content (AvgIpc) is 1.57. The molecule has 8 aromatic heterocycles. The Kier molecular flexibility index (Phi) is 24.9. The lowest BCUT2D eigenvalue weighted by molar-refractivity contribution is 0.519. The summed E-state index contributed by atoms with van der Waals surface area (Å²) in [5.41, 5.74) is 27.7. The molecule has 0 bridgehead atoms. The fourth-order valence-electron chi connectivity index (χ4n) is 14.5. The van der Waals surface area contributed by atoms with Gasteiger partial charge in [0, 0.05) is 115 Å². The van der Waals surface area contributed by atoms with Crippen LogP contribution in [0.1, 0.15) is 84.8 Å². The van der Waals surface area contributed by atoms with E-state index in [0.29, 0.717) is 41.9 Å². The molecular formula is C91H107N19. The van der Waals surface area contributed by atoms with Gasteiger partial charge in [0.05, 0.1) is 44.1 Å². The lowest BCUT2D eigenvalue weighted by Gasteiger charge is -2.25. The predicted molar refractivity (Wildman–Crippen MR) is 465 cm³/mol. The first-order valence-electron chi connectivity index (χ1n) is 38.5. The van der Waals surface area contributed by atoms with Crippen molar-refractivity contribution >= 4 is 129 Å². The van der Waals surface area contributed by atoms with E-state index in [1.165, 1.54) is 16.7 Å². The Morgan fingerprint density at radius 3 is 1.09 bits per heavy atom. The molecule has 8 heterocycles. The molecule has 7 aromatic carbocycles. The highest BCUT2D eigenvalue weighted by Crippen LogP contribution is 2.39. The van der Waals surface area contributed by atoms with Crippen LogP contribution in [0.25, 0.3) is 87.7 Å². The van der Waals surface area contributed by atoms with E-state index in [2.05, 4.69) is 289 Å². The summed E-state index contributed by atoms with van der Waals surface area (Å²) < 4.78 is 9.27. The standard InChI is InChI=1S/C32H35N5.C25H29N5.C18H23N5.C16H20N4/c1-5-20-35(4)32-34-29-30(37(32)21-24(2)3)27-18-12-13-19-28(27)33-31(29)36(22-25-14-8-6-9-15-25)23-26-16-10-7-11-17-26;1-5-15-29(4)25-28-22-23(30(25)17-18(2)3)20-13-9-10-14-21(20)27-24(22)26-16-19-11-7-6-8-12-19;1-5-10-22(4)18-21-15-16(23(18)11-12(2)3)13-8-6-7-9-14(13)20-17(15)19;1-4-13-19-14-15(20(13)9-10(2)3)11-7-5-6-8-12(11)18-16(14)17/h5-19,24H,1,20-23H2,2-4H3;5-14,18H,1,15-17H2,2-4H3,(H,26,27);5-9,12H,1,10-11H2,2-4H3,(H2,19,20);5-8,10H,4,9H2,1-3H3,(H2,17,18). The molecule has 0 unspecified atom stereocenters. The van der Waals surface area contributed by atoms with E-state index in [0.717, 1.165) is 188 Å². The van der Waals surface area contributed by atoms with Crippen molar-refractivity contribution < 1.29 is 0 Å². The first kappa shape index (κ1) is 77.5. The number of nitrogens with two attached hydrogens (primary N) is 2. The number of aromatic nitrogens is 12. The Labute approximate surface area is 647 Å². The van der Waals surface area contributed by atoms with Crippen LogP contribution in [0.5, 0.6) is 0 Å². The number of pyridine rings is 4. The van der Waals surface area contributed by atoms with Crippen LogP contribution in [0.4, 0.5) is 41.1 Å². The van der Waals surface area contributed by atoms with Crippen LogP contribution in [0.3, 0.4) is 0 Å². The molecule has 0 spiro atoms. The highest BCUT2D eigenvalue weighted by Gasteiger charge is 2.27. The van der Waals surface area contributed by atoms with Gasteiger partial charge in [-0.3, -0.25) is 0 Å². The van der Waals surface area contributed by atoms with E-state index in [4.69, 9.17) is 41.4 Å². The summed E-state index contributed by atoms with van der Waals surface area (Å²) in [5.74, 6) is 8.63. The number of hydrogen-bond acceptors (Lipinski definition) is 15. The maximum Gasteiger partial charge on any atom is 0.206 e. The molecule has 0 saturated carbocycles. The Morgan fingerprint density at radius 2 is 0.691 bits per heavy atom. The van der Waals surface area contributed by atoms with Crippen LogP contribution in [0.2, 0.25) is 0 Å². The van der Waals surface area contributed by atoms with Crippen LogP contribution in [0.15, 0.2) is 226 Å². The number of nitrogens with one attached hydrogen (secondary N) is 1. The molecule has 0 aliphatic rings. The van der Waals surface area contributed by atoms with Gasteiger partial charge in [0.25, 0.3) is 0 Å². The molecule has 0 saturated heterocycles. The normalized spacial score (nSPS) is 11.5. The molecule has 0 amide bonds. The molecule has 15 aromatic rings. The number of anilines is 7. The van der Waals surface area contributed by atoms with E-state index >= 15 is 0 Å². The van der Waals surface area contributed by atoms with Gasteiger partial charge in [0.1, 0.15) is 27.9 Å². The SMILES string of the molecule is C=CCN(C)c1nc2c(N(Cc3ccccc3)Cc3ccccc3)nc3ccccc3c2n1CC(C)C.C=CCN(C)c1nc2c(N)nc3ccccc3c2n1CC(C)C.C=CCN(C)c1nc2c(NCc3ccccc3)nc3ccccc3c2n1CC(C)C.CCc1nc2c(N)nc3ccccc3c2n1CC(C)C. The number of fused-ring (bicyclic) bond motifs is 12. The van der Waals surface area contributed by atoms with Gasteiger partial charge >= 0.3 is 0 Å². The Balaban J connectivity index is 0.000000140. The number of para-hydroxylation sites is 4. The van der Waals surface area contributed by atoms with Crippen molar-refractivity contribution in [3.63, 3.8) is 0 Å². The number of benzene rings is 7. The molecule has 110 heavy (non-hydrogen) atoms. The first-order chi connectivity index (χ1) is 53.3. The van der Waals surface area contributed by atoms with Crippen molar-refractivity contribution in [3.8, 4) is 0 Å². The third-order valence-electron chi connectivity index (χ3n) is 19.2. The average molecular weight is 1470 g/mol. The van der Waals surface area contributed by atoms with Gasteiger partial charge in [0.2, 0.25) is 17.8 Å². The van der Waals surface area contributed by atoms with Gasteiger partial charge in [-0.2, -0.15) is 0 Å². The molecule has 0 atom stereocenters. The summed E-state index contributed by atoms with van der Waals surface area (Å²) in [6.45, 7) is 39.6. The quantitative estimate of drug-likeness (QED) is 0.0432. The van der Waals surface area contributed by atoms with Gasteiger partial charge in [-0.1, -0.05) is 244 Å². The minimum Gasteiger partial charge on any atom is -0.382 e. The van der Waals surface area contributed by atoms with Crippen molar-refractivity contribution in [2.45, 2.75) is 115 Å². The van der Waals surface area contributed by atoms with Crippen LogP contribution in [-0.4, -0.2) is 98.9 Å². The number of aryl methyl sites for hydroxylation is 1. The summed E-state index contributed by atoms with van der Waals surface area (Å²) >= 11 is 0. The fourth-order valence-corrected chi connectivity index (χ4v) is 14.5. The third kappa shape index (κ3) is 17.2. The van der Waals surface area contributed by atoms with Crippen molar-refractivity contribution in [3.05, 3.63) is 249 Å². The molecule has 19 heteroatoms. The van der Waals surface area contributed by atoms with Gasteiger partial charge in [-0.25, -0.2) is 39.9 Å². The molecule has 566 valence electrons. The zero-order valence-electron chi connectivity index (χ0n) is 66.1. The number of nitrogen functional groups attached to an aromatic ring is 2. The van der Waals surface area contributed by atoms with Crippen LogP contribution in [-0.2, 0) is 52.2 Å². The van der Waals surface area contributed by atoms with Crippen molar-refractivity contribution in [1.82, 2.24) is 58.1 Å². The van der Waals surface area contributed by atoms with E-state index in [-0.39, 0.29) is 0 Å². The molecule has 5 N–H and O–H groups in total. The highest BCUT2D eigenvalue weighted by molar-refractivity contribution is 6.10. The summed E-state index contributed by atoms with van der Waals surface area (Å²) in [4.78, 5) is 47.8. The Morgan fingerprint density at radius 1 is 0.373 bits per heavy atom. The minimum absolute atomic E-state index is 0.466. The van der Waals surface area contributed by atoms with Crippen molar-refractivity contribution in [2.75, 3.05) is 77.2 Å². The van der Waals surface area contributed by atoms with Crippen LogP contribution in [0, 0.1) is 23.7 Å². The maximum absolute atomic E-state index is 6.18. The number of likely N-dealkylation sites (N-methyl/N-ethyl adjacent to an activating group) is 3. The second kappa shape index (κ2) is 35.3. The molecule has 0 aliphatic heterocycles. The second-order valence-corrected chi connectivity index (χ2v) is 30.1. The molecular weight excluding hydrogens is 1360 g/mol. The van der Waals surface area contributed by atoms with E-state index < -0.39 is 0 Å². The zero-order valence-corrected chi connectivity index (χ0v) is 66.1. The molecule has 19 nitrogen and oxygen atoms in total. The van der Waals surface area contributed by atoms with Gasteiger partial charge in [0.15, 0.2) is 23.3 Å². The minimum atomic E-state index is 0.466. The van der Waals surface area contributed by atoms with E-state index in [1.807, 2.05) is 73.8 Å². The molecule has 0 aliphatic carbocycles. The lowest BCUT2D eigenvalue weighted by Crippen LogP contribution is -2.23. The molecule has 0 radical (unpaired) electrons. The number of rotatable bonds is 26. The maximum atomic E-state index is 6.18. The summed E-state index contributed by atoms with van der Waals surface area (Å²) in [5, 5.41) is 8.01. The fraction of sp³-hybridized carbons (Fsp3) is 0.297. The number of hydrogen-bond donors (Lipinski definition) is 3.